The molecule has 0 amide bonds. The van der Waals surface area contributed by atoms with Crippen molar-refractivity contribution in [3.63, 3.8) is 0 Å². The second-order valence-electron chi connectivity index (χ2n) is 6.16. The number of nitrogens with two attached hydrogens (primary N) is 1. The van der Waals surface area contributed by atoms with Crippen molar-refractivity contribution in [2.45, 2.75) is 38.8 Å². The molecule has 0 saturated carbocycles. The quantitative estimate of drug-likeness (QED) is 0.580. The van der Waals surface area contributed by atoms with E-state index in [1.165, 1.54) is 0 Å². The Morgan fingerprint density at radius 1 is 1.16 bits per heavy atom. The van der Waals surface area contributed by atoms with Gasteiger partial charge in [-0.15, -0.1) is 0 Å². The lowest BCUT2D eigenvalue weighted by Crippen LogP contribution is -2.17. The van der Waals surface area contributed by atoms with Gasteiger partial charge in [0.2, 0.25) is 0 Å². The van der Waals surface area contributed by atoms with Gasteiger partial charge in [0.15, 0.2) is 0 Å². The fourth-order valence-corrected chi connectivity index (χ4v) is 3.12. The number of hydrogen-bond donors (Lipinski definition) is 1. The number of imidazole rings is 1. The molecular weight excluding hydrogens is 334 g/mol. The highest BCUT2D eigenvalue weighted by atomic mass is 35.5. The van der Waals surface area contributed by atoms with Gasteiger partial charge in [0.25, 0.3) is 0 Å². The van der Waals surface area contributed by atoms with Crippen LogP contribution in [0.2, 0.25) is 5.02 Å². The maximum absolute atomic E-state index is 6.35. The van der Waals surface area contributed by atoms with Crippen molar-refractivity contribution in [2.75, 3.05) is 6.61 Å². The van der Waals surface area contributed by atoms with Crippen molar-refractivity contribution in [3.8, 4) is 5.75 Å². The van der Waals surface area contributed by atoms with Crippen LogP contribution in [0, 0.1) is 0 Å². The van der Waals surface area contributed by atoms with E-state index in [0.717, 1.165) is 48.4 Å². The first kappa shape index (κ1) is 17.8. The molecule has 0 radical (unpaired) electrons. The third-order valence-corrected chi connectivity index (χ3v) is 4.48. The zero-order valence-corrected chi connectivity index (χ0v) is 15.2. The lowest BCUT2D eigenvalue weighted by molar-refractivity contribution is 0.301. The topological polar surface area (TPSA) is 53.1 Å². The summed E-state index contributed by atoms with van der Waals surface area (Å²) < 4.78 is 8.03. The predicted molar refractivity (Wildman–Crippen MR) is 103 cm³/mol. The molecule has 0 spiro atoms. The van der Waals surface area contributed by atoms with Crippen LogP contribution in [0.3, 0.4) is 0 Å². The molecule has 0 bridgehead atoms. The van der Waals surface area contributed by atoms with Crippen LogP contribution in [0.1, 0.15) is 38.1 Å². The average molecular weight is 358 g/mol. The number of rotatable bonds is 8. The largest absolute Gasteiger partial charge is 0.494 e. The maximum Gasteiger partial charge on any atom is 0.126 e. The van der Waals surface area contributed by atoms with Crippen molar-refractivity contribution in [1.29, 1.82) is 0 Å². The van der Waals surface area contributed by atoms with Gasteiger partial charge in [-0.05, 0) is 49.2 Å². The number of benzene rings is 2. The molecule has 132 valence electrons. The first-order chi connectivity index (χ1) is 12.2. The highest BCUT2D eigenvalue weighted by molar-refractivity contribution is 6.30. The minimum atomic E-state index is -0.0328. The fraction of sp³-hybridized carbons (Fsp3) is 0.350. The molecule has 0 aliphatic rings. The number of nitrogens with zero attached hydrogens (tertiary/aromatic N) is 2. The van der Waals surface area contributed by atoms with Crippen molar-refractivity contribution < 1.29 is 4.74 Å². The van der Waals surface area contributed by atoms with Crippen molar-refractivity contribution in [2.24, 2.45) is 5.73 Å². The SMILES string of the molecule is CCCC(N)c1nc2ccccc2n1CCCOc1ccc(Cl)cc1. The summed E-state index contributed by atoms with van der Waals surface area (Å²) in [6.07, 6.45) is 2.86. The molecule has 3 aromatic rings. The van der Waals surface area contributed by atoms with Gasteiger partial charge >= 0.3 is 0 Å². The standard InChI is InChI=1S/C20H24ClN3O/c1-2-6-17(22)20-23-18-7-3-4-8-19(18)24(20)13-5-14-25-16-11-9-15(21)10-12-16/h3-4,7-12,17H,2,5-6,13-14,22H2,1H3. The lowest BCUT2D eigenvalue weighted by atomic mass is 10.1. The van der Waals surface area contributed by atoms with Crippen molar-refractivity contribution in [1.82, 2.24) is 9.55 Å². The third kappa shape index (κ3) is 4.33. The van der Waals surface area contributed by atoms with Crippen LogP contribution >= 0.6 is 11.6 Å². The summed E-state index contributed by atoms with van der Waals surface area (Å²) in [7, 11) is 0. The monoisotopic (exact) mass is 357 g/mol. The van der Waals surface area contributed by atoms with Crippen LogP contribution in [0.15, 0.2) is 48.5 Å². The molecular formula is C20H24ClN3O. The molecule has 1 aromatic heterocycles. The van der Waals surface area contributed by atoms with Crippen LogP contribution < -0.4 is 10.5 Å². The Hall–Kier alpha value is -2.04. The summed E-state index contributed by atoms with van der Waals surface area (Å²) in [6, 6.07) is 15.6. The van der Waals surface area contributed by atoms with E-state index in [1.54, 1.807) is 0 Å². The third-order valence-electron chi connectivity index (χ3n) is 4.22. The molecule has 0 aliphatic heterocycles. The number of fused-ring (bicyclic) bond motifs is 1. The van der Waals surface area contributed by atoms with Gasteiger partial charge in [-0.1, -0.05) is 37.1 Å². The summed E-state index contributed by atoms with van der Waals surface area (Å²) in [5, 5.41) is 0.715. The maximum atomic E-state index is 6.35. The highest BCUT2D eigenvalue weighted by Crippen LogP contribution is 2.23. The Morgan fingerprint density at radius 3 is 2.68 bits per heavy atom. The Bertz CT molecular complexity index is 813. The number of hydrogen-bond acceptors (Lipinski definition) is 3. The number of para-hydroxylation sites is 2. The number of aryl methyl sites for hydroxylation is 1. The van der Waals surface area contributed by atoms with E-state index >= 15 is 0 Å². The zero-order chi connectivity index (χ0) is 17.6. The molecule has 1 unspecified atom stereocenters. The van der Waals surface area contributed by atoms with E-state index in [4.69, 9.17) is 27.1 Å². The van der Waals surface area contributed by atoms with E-state index in [1.807, 2.05) is 42.5 Å². The Kier molecular flexibility index (Phi) is 5.95. The Balaban J connectivity index is 1.69. The normalized spacial score (nSPS) is 12.4. The molecule has 0 saturated heterocycles. The first-order valence-electron chi connectivity index (χ1n) is 8.78. The van der Waals surface area contributed by atoms with Crippen molar-refractivity contribution in [3.05, 3.63) is 59.4 Å². The van der Waals surface area contributed by atoms with Crippen LogP contribution in [0.25, 0.3) is 11.0 Å². The van der Waals surface area contributed by atoms with E-state index < -0.39 is 0 Å². The van der Waals surface area contributed by atoms with Gasteiger partial charge in [-0.3, -0.25) is 0 Å². The van der Waals surface area contributed by atoms with E-state index in [2.05, 4.69) is 17.6 Å². The number of ether oxygens (including phenoxy) is 1. The lowest BCUT2D eigenvalue weighted by Gasteiger charge is -2.14. The molecule has 25 heavy (non-hydrogen) atoms. The van der Waals surface area contributed by atoms with Crippen LogP contribution in [0.4, 0.5) is 0 Å². The predicted octanol–water partition coefficient (Wildman–Crippen LogP) is 4.96. The van der Waals surface area contributed by atoms with E-state index in [-0.39, 0.29) is 6.04 Å². The van der Waals surface area contributed by atoms with E-state index in [0.29, 0.717) is 11.6 Å². The summed E-state index contributed by atoms with van der Waals surface area (Å²) >= 11 is 5.89. The second-order valence-corrected chi connectivity index (χ2v) is 6.60. The Labute approximate surface area is 153 Å². The molecule has 4 nitrogen and oxygen atoms in total. The van der Waals surface area contributed by atoms with Gasteiger partial charge in [-0.2, -0.15) is 0 Å². The molecule has 1 heterocycles. The van der Waals surface area contributed by atoms with Gasteiger partial charge in [0, 0.05) is 11.6 Å². The molecule has 1 atom stereocenters. The highest BCUT2D eigenvalue weighted by Gasteiger charge is 2.16. The van der Waals surface area contributed by atoms with Gasteiger partial charge in [0.05, 0.1) is 23.7 Å². The zero-order valence-electron chi connectivity index (χ0n) is 14.5. The number of aromatic nitrogens is 2. The van der Waals surface area contributed by atoms with Crippen LogP contribution in [0.5, 0.6) is 5.75 Å². The van der Waals surface area contributed by atoms with Gasteiger partial charge in [0.1, 0.15) is 11.6 Å². The van der Waals surface area contributed by atoms with Crippen LogP contribution in [-0.2, 0) is 6.54 Å². The Morgan fingerprint density at radius 2 is 1.92 bits per heavy atom. The first-order valence-corrected chi connectivity index (χ1v) is 9.16. The summed E-state index contributed by atoms with van der Waals surface area (Å²) in [6.45, 7) is 3.62. The minimum Gasteiger partial charge on any atom is -0.494 e. The smallest absolute Gasteiger partial charge is 0.126 e. The summed E-state index contributed by atoms with van der Waals surface area (Å²) in [5.74, 6) is 1.80. The van der Waals surface area contributed by atoms with Crippen molar-refractivity contribution >= 4 is 22.6 Å². The van der Waals surface area contributed by atoms with Gasteiger partial charge in [-0.25, -0.2) is 4.98 Å². The molecule has 3 rings (SSSR count). The van der Waals surface area contributed by atoms with Gasteiger partial charge < -0.3 is 15.0 Å². The molecule has 5 heteroatoms. The molecule has 0 aliphatic carbocycles. The number of halogens is 1. The summed E-state index contributed by atoms with van der Waals surface area (Å²) in [4.78, 5) is 4.76. The molecule has 2 N–H and O–H groups in total. The molecule has 2 aromatic carbocycles. The van der Waals surface area contributed by atoms with E-state index in [9.17, 15) is 0 Å². The molecule has 0 fully saturated rings. The minimum absolute atomic E-state index is 0.0328. The average Bonchev–Trinajstić information content (AvgIpc) is 2.99. The second kappa shape index (κ2) is 8.37. The van der Waals surface area contributed by atoms with Crippen LogP contribution in [-0.4, -0.2) is 16.2 Å². The fourth-order valence-electron chi connectivity index (χ4n) is 3.00. The summed E-state index contributed by atoms with van der Waals surface area (Å²) in [5.41, 5.74) is 8.49.